The summed E-state index contributed by atoms with van der Waals surface area (Å²) in [4.78, 5) is 17.3. The van der Waals surface area contributed by atoms with Gasteiger partial charge in [0.15, 0.2) is 10.8 Å². The molecule has 98 valence electrons. The predicted molar refractivity (Wildman–Crippen MR) is 71.4 cm³/mol. The third-order valence-corrected chi connectivity index (χ3v) is 5.37. The Bertz CT molecular complexity index is 442. The maximum atomic E-state index is 10.8. The maximum absolute atomic E-state index is 10.8. The first-order valence-corrected chi connectivity index (χ1v) is 7.50. The number of hydrogen-bond acceptors (Lipinski definition) is 4. The van der Waals surface area contributed by atoms with E-state index in [1.54, 1.807) is 5.38 Å². The van der Waals surface area contributed by atoms with E-state index in [0.717, 1.165) is 18.2 Å². The van der Waals surface area contributed by atoms with Gasteiger partial charge in [-0.15, -0.1) is 11.3 Å². The highest BCUT2D eigenvalue weighted by molar-refractivity contribution is 7.13. The Hall–Kier alpha value is -1.10. The topological polar surface area (TPSA) is 53.4 Å². The number of carbonyl (C=O) groups is 1. The molecule has 1 saturated heterocycles. The molecule has 0 amide bonds. The number of nitrogens with zero attached hydrogens (tertiary/aromatic N) is 2. The van der Waals surface area contributed by atoms with E-state index in [2.05, 4.69) is 9.88 Å². The molecule has 1 aromatic heterocycles. The van der Waals surface area contributed by atoms with Crippen LogP contribution < -0.4 is 4.90 Å². The fourth-order valence-electron chi connectivity index (χ4n) is 3.31. The van der Waals surface area contributed by atoms with Crippen LogP contribution in [-0.4, -0.2) is 29.1 Å². The lowest BCUT2D eigenvalue weighted by Crippen LogP contribution is -2.38. The van der Waals surface area contributed by atoms with Crippen LogP contribution in [0.4, 0.5) is 5.13 Å². The van der Waals surface area contributed by atoms with Gasteiger partial charge in [0, 0.05) is 18.5 Å². The van der Waals surface area contributed by atoms with Crippen LogP contribution >= 0.6 is 11.3 Å². The van der Waals surface area contributed by atoms with Crippen LogP contribution in [-0.2, 0) is 0 Å². The van der Waals surface area contributed by atoms with Crippen LogP contribution in [0.5, 0.6) is 0 Å². The predicted octanol–water partition coefficient (Wildman–Crippen LogP) is 3.00. The van der Waals surface area contributed by atoms with E-state index >= 15 is 0 Å². The highest BCUT2D eigenvalue weighted by Crippen LogP contribution is 2.46. The number of rotatable bonds is 2. The molecular formula is C13H18N2O2S. The SMILES string of the molecule is O=C(O)c1csc(N2CCC3(CCCC3)CC2)n1. The molecule has 1 aliphatic heterocycles. The molecule has 1 spiro atoms. The van der Waals surface area contributed by atoms with Crippen molar-refractivity contribution in [3.63, 3.8) is 0 Å². The molecule has 2 fully saturated rings. The number of carboxylic acid groups (broad SMARTS) is 1. The van der Waals surface area contributed by atoms with Crippen LogP contribution in [0.25, 0.3) is 0 Å². The molecule has 0 unspecified atom stereocenters. The molecule has 0 radical (unpaired) electrons. The summed E-state index contributed by atoms with van der Waals surface area (Å²) in [7, 11) is 0. The van der Waals surface area contributed by atoms with E-state index < -0.39 is 5.97 Å². The van der Waals surface area contributed by atoms with Gasteiger partial charge in [-0.1, -0.05) is 12.8 Å². The molecule has 1 aromatic rings. The van der Waals surface area contributed by atoms with Crippen LogP contribution in [0.1, 0.15) is 49.0 Å². The summed E-state index contributed by atoms with van der Waals surface area (Å²) in [6.07, 6.45) is 8.04. The van der Waals surface area contributed by atoms with Gasteiger partial charge in [0.2, 0.25) is 0 Å². The third-order valence-electron chi connectivity index (χ3n) is 4.47. The lowest BCUT2D eigenvalue weighted by Gasteiger charge is -2.39. The maximum Gasteiger partial charge on any atom is 0.355 e. The summed E-state index contributed by atoms with van der Waals surface area (Å²) in [5.74, 6) is -0.929. The van der Waals surface area contributed by atoms with Gasteiger partial charge < -0.3 is 10.0 Å². The number of thiazole rings is 1. The van der Waals surface area contributed by atoms with Crippen molar-refractivity contribution in [1.82, 2.24) is 4.98 Å². The molecule has 0 atom stereocenters. The van der Waals surface area contributed by atoms with Crippen molar-refractivity contribution in [3.05, 3.63) is 11.1 Å². The molecule has 18 heavy (non-hydrogen) atoms. The minimum atomic E-state index is -0.929. The molecule has 1 aliphatic carbocycles. The van der Waals surface area contributed by atoms with Gasteiger partial charge in [-0.05, 0) is 31.1 Å². The van der Waals surface area contributed by atoms with Crippen molar-refractivity contribution >= 4 is 22.4 Å². The average Bonchev–Trinajstić information content (AvgIpc) is 3.00. The van der Waals surface area contributed by atoms with Gasteiger partial charge in [-0.3, -0.25) is 0 Å². The summed E-state index contributed by atoms with van der Waals surface area (Å²) >= 11 is 1.45. The first-order chi connectivity index (χ1) is 8.69. The largest absolute Gasteiger partial charge is 0.476 e. The van der Waals surface area contributed by atoms with Crippen LogP contribution in [0.3, 0.4) is 0 Å². The number of hydrogen-bond donors (Lipinski definition) is 1. The summed E-state index contributed by atoms with van der Waals surface area (Å²) in [6.45, 7) is 2.07. The molecule has 5 heteroatoms. The Kier molecular flexibility index (Phi) is 3.01. The Labute approximate surface area is 111 Å². The minimum absolute atomic E-state index is 0.177. The minimum Gasteiger partial charge on any atom is -0.476 e. The monoisotopic (exact) mass is 266 g/mol. The van der Waals surface area contributed by atoms with E-state index in [-0.39, 0.29) is 5.69 Å². The number of piperidine rings is 1. The van der Waals surface area contributed by atoms with Gasteiger partial charge in [-0.25, -0.2) is 9.78 Å². The first kappa shape index (κ1) is 12.0. The zero-order chi connectivity index (χ0) is 12.6. The Morgan fingerprint density at radius 1 is 1.28 bits per heavy atom. The molecule has 1 N–H and O–H groups in total. The lowest BCUT2D eigenvalue weighted by atomic mass is 9.77. The highest BCUT2D eigenvalue weighted by Gasteiger charge is 2.37. The molecule has 3 rings (SSSR count). The number of anilines is 1. The van der Waals surface area contributed by atoms with Gasteiger partial charge in [0.05, 0.1) is 0 Å². The van der Waals surface area contributed by atoms with E-state index in [1.165, 1.54) is 49.9 Å². The third kappa shape index (κ3) is 2.11. The molecule has 0 bridgehead atoms. The second-order valence-electron chi connectivity index (χ2n) is 5.51. The summed E-state index contributed by atoms with van der Waals surface area (Å²) in [5, 5.41) is 11.4. The number of aromatic nitrogens is 1. The zero-order valence-corrected chi connectivity index (χ0v) is 11.2. The fourth-order valence-corrected chi connectivity index (χ4v) is 4.16. The van der Waals surface area contributed by atoms with E-state index in [4.69, 9.17) is 5.11 Å². The Balaban J connectivity index is 1.66. The second kappa shape index (κ2) is 4.53. The fraction of sp³-hybridized carbons (Fsp3) is 0.692. The van der Waals surface area contributed by atoms with Crippen molar-refractivity contribution in [2.75, 3.05) is 18.0 Å². The Morgan fingerprint density at radius 2 is 1.94 bits per heavy atom. The van der Waals surface area contributed by atoms with E-state index in [0.29, 0.717) is 5.41 Å². The van der Waals surface area contributed by atoms with Crippen LogP contribution in [0.2, 0.25) is 0 Å². The molecule has 0 aromatic carbocycles. The zero-order valence-electron chi connectivity index (χ0n) is 10.4. The van der Waals surface area contributed by atoms with Crippen LogP contribution in [0.15, 0.2) is 5.38 Å². The highest BCUT2D eigenvalue weighted by atomic mass is 32.1. The quantitative estimate of drug-likeness (QED) is 0.894. The summed E-state index contributed by atoms with van der Waals surface area (Å²) < 4.78 is 0. The number of aromatic carboxylic acids is 1. The smallest absolute Gasteiger partial charge is 0.355 e. The van der Waals surface area contributed by atoms with Crippen molar-refractivity contribution in [2.45, 2.75) is 38.5 Å². The van der Waals surface area contributed by atoms with Gasteiger partial charge >= 0.3 is 5.97 Å². The molecule has 4 nitrogen and oxygen atoms in total. The first-order valence-electron chi connectivity index (χ1n) is 6.62. The van der Waals surface area contributed by atoms with Gasteiger partial charge in [-0.2, -0.15) is 0 Å². The van der Waals surface area contributed by atoms with Gasteiger partial charge in [0.25, 0.3) is 0 Å². The Morgan fingerprint density at radius 3 is 2.50 bits per heavy atom. The van der Waals surface area contributed by atoms with E-state index in [9.17, 15) is 4.79 Å². The van der Waals surface area contributed by atoms with Crippen molar-refractivity contribution in [1.29, 1.82) is 0 Å². The molecule has 2 heterocycles. The van der Waals surface area contributed by atoms with Crippen LogP contribution in [0, 0.1) is 5.41 Å². The molecular weight excluding hydrogens is 248 g/mol. The summed E-state index contributed by atoms with van der Waals surface area (Å²) in [5.41, 5.74) is 0.778. The average molecular weight is 266 g/mol. The number of carboxylic acids is 1. The summed E-state index contributed by atoms with van der Waals surface area (Å²) in [6, 6.07) is 0. The second-order valence-corrected chi connectivity index (χ2v) is 6.35. The molecule has 1 saturated carbocycles. The molecule has 2 aliphatic rings. The van der Waals surface area contributed by atoms with Crippen molar-refractivity contribution in [3.8, 4) is 0 Å². The normalized spacial score (nSPS) is 22.6. The van der Waals surface area contributed by atoms with Crippen molar-refractivity contribution in [2.24, 2.45) is 5.41 Å². The van der Waals surface area contributed by atoms with Crippen molar-refractivity contribution < 1.29 is 9.90 Å². The van der Waals surface area contributed by atoms with E-state index in [1.807, 2.05) is 0 Å². The van der Waals surface area contributed by atoms with Gasteiger partial charge in [0.1, 0.15) is 0 Å². The lowest BCUT2D eigenvalue weighted by molar-refractivity contribution is 0.0691. The standard InChI is InChI=1S/C13H18N2O2S/c16-11(17)10-9-18-12(14-10)15-7-5-13(6-8-15)3-1-2-4-13/h9H,1-8H2,(H,16,17).